The number of rotatable bonds is 7. The Hall–Kier alpha value is -0.610. The molecule has 0 heterocycles. The van der Waals surface area contributed by atoms with Gasteiger partial charge in [0.1, 0.15) is 0 Å². The number of hydrogen-bond acceptors (Lipinski definition) is 3. The Morgan fingerprint density at radius 2 is 2.14 bits per heavy atom. The second-order valence-corrected chi connectivity index (χ2v) is 4.02. The lowest BCUT2D eigenvalue weighted by Gasteiger charge is -2.11. The average Bonchev–Trinajstić information content (AvgIpc) is 2.10. The SMILES string of the molecule is CC(CO)CCCNC(=O)CN(C)C. The summed E-state index contributed by atoms with van der Waals surface area (Å²) in [5, 5.41) is 11.6. The van der Waals surface area contributed by atoms with Gasteiger partial charge in [-0.1, -0.05) is 6.92 Å². The molecule has 0 fully saturated rings. The Kier molecular flexibility index (Phi) is 7.42. The van der Waals surface area contributed by atoms with Crippen LogP contribution < -0.4 is 5.32 Å². The first kappa shape index (κ1) is 13.4. The van der Waals surface area contributed by atoms with Gasteiger partial charge in [0.05, 0.1) is 6.54 Å². The smallest absolute Gasteiger partial charge is 0.234 e. The molecular weight excluding hydrogens is 180 g/mol. The summed E-state index contributed by atoms with van der Waals surface area (Å²) in [6.45, 7) is 3.37. The summed E-state index contributed by atoms with van der Waals surface area (Å²) < 4.78 is 0. The van der Waals surface area contributed by atoms with E-state index < -0.39 is 0 Å². The average molecular weight is 202 g/mol. The zero-order chi connectivity index (χ0) is 11.0. The van der Waals surface area contributed by atoms with Crippen molar-refractivity contribution < 1.29 is 9.90 Å². The van der Waals surface area contributed by atoms with E-state index in [2.05, 4.69) is 5.32 Å². The van der Waals surface area contributed by atoms with Crippen molar-refractivity contribution >= 4 is 5.91 Å². The predicted octanol–water partition coefficient (Wildman–Crippen LogP) is 0.0728. The van der Waals surface area contributed by atoms with Gasteiger partial charge in [0.2, 0.25) is 5.91 Å². The second-order valence-electron chi connectivity index (χ2n) is 4.02. The molecule has 0 aromatic heterocycles. The van der Waals surface area contributed by atoms with E-state index in [9.17, 15) is 4.79 Å². The number of nitrogens with zero attached hydrogens (tertiary/aromatic N) is 1. The van der Waals surface area contributed by atoms with Crippen LogP contribution in [-0.4, -0.2) is 49.7 Å². The van der Waals surface area contributed by atoms with Crippen molar-refractivity contribution in [2.45, 2.75) is 19.8 Å². The van der Waals surface area contributed by atoms with Gasteiger partial charge in [0, 0.05) is 13.2 Å². The third kappa shape index (κ3) is 8.01. The van der Waals surface area contributed by atoms with E-state index >= 15 is 0 Å². The Balaban J connectivity index is 3.31. The highest BCUT2D eigenvalue weighted by Crippen LogP contribution is 2.02. The molecule has 0 aliphatic heterocycles. The molecule has 1 unspecified atom stereocenters. The summed E-state index contributed by atoms with van der Waals surface area (Å²) >= 11 is 0. The monoisotopic (exact) mass is 202 g/mol. The number of nitrogens with one attached hydrogen (secondary N) is 1. The standard InChI is InChI=1S/C10H22N2O2/c1-9(8-13)5-4-6-11-10(14)7-12(2)3/h9,13H,4-8H2,1-3H3,(H,11,14). The van der Waals surface area contributed by atoms with E-state index in [-0.39, 0.29) is 12.5 Å². The van der Waals surface area contributed by atoms with Gasteiger partial charge in [-0.2, -0.15) is 0 Å². The van der Waals surface area contributed by atoms with Crippen LogP contribution in [0.15, 0.2) is 0 Å². The lowest BCUT2D eigenvalue weighted by molar-refractivity contribution is -0.121. The van der Waals surface area contributed by atoms with E-state index in [1.54, 1.807) is 0 Å². The highest BCUT2D eigenvalue weighted by molar-refractivity contribution is 5.77. The fourth-order valence-corrected chi connectivity index (χ4v) is 1.11. The number of carbonyl (C=O) groups excluding carboxylic acids is 1. The summed E-state index contributed by atoms with van der Waals surface area (Å²) in [5.41, 5.74) is 0. The van der Waals surface area contributed by atoms with Crippen LogP contribution in [0.4, 0.5) is 0 Å². The lowest BCUT2D eigenvalue weighted by Crippen LogP contribution is -2.33. The van der Waals surface area contributed by atoms with Gasteiger partial charge in [-0.15, -0.1) is 0 Å². The van der Waals surface area contributed by atoms with Gasteiger partial charge in [-0.3, -0.25) is 4.79 Å². The van der Waals surface area contributed by atoms with E-state index in [1.165, 1.54) is 0 Å². The Morgan fingerprint density at radius 1 is 1.50 bits per heavy atom. The largest absolute Gasteiger partial charge is 0.396 e. The molecule has 0 aliphatic rings. The zero-order valence-electron chi connectivity index (χ0n) is 9.42. The number of aliphatic hydroxyl groups excluding tert-OH is 1. The molecular formula is C10H22N2O2. The van der Waals surface area contributed by atoms with Crippen molar-refractivity contribution in [1.82, 2.24) is 10.2 Å². The molecule has 0 aromatic rings. The molecule has 0 bridgehead atoms. The summed E-state index contributed by atoms with van der Waals surface area (Å²) in [6.07, 6.45) is 1.89. The van der Waals surface area contributed by atoms with E-state index in [1.807, 2.05) is 25.9 Å². The fraction of sp³-hybridized carbons (Fsp3) is 0.900. The van der Waals surface area contributed by atoms with E-state index in [0.29, 0.717) is 19.0 Å². The van der Waals surface area contributed by atoms with Crippen molar-refractivity contribution in [3.8, 4) is 0 Å². The second kappa shape index (κ2) is 7.76. The van der Waals surface area contributed by atoms with Gasteiger partial charge in [-0.05, 0) is 32.9 Å². The van der Waals surface area contributed by atoms with Crippen molar-refractivity contribution in [2.75, 3.05) is 33.8 Å². The number of carbonyl (C=O) groups is 1. The van der Waals surface area contributed by atoms with Crippen LogP contribution in [-0.2, 0) is 4.79 Å². The minimum atomic E-state index is 0.0617. The van der Waals surface area contributed by atoms with Gasteiger partial charge >= 0.3 is 0 Å². The molecule has 0 aromatic carbocycles. The van der Waals surface area contributed by atoms with Crippen LogP contribution >= 0.6 is 0 Å². The molecule has 0 saturated carbocycles. The number of amides is 1. The maximum atomic E-state index is 11.2. The predicted molar refractivity (Wildman–Crippen MR) is 57.0 cm³/mol. The Morgan fingerprint density at radius 3 is 2.64 bits per heavy atom. The summed E-state index contributed by atoms with van der Waals surface area (Å²) in [7, 11) is 3.74. The fourth-order valence-electron chi connectivity index (χ4n) is 1.11. The first-order valence-electron chi connectivity index (χ1n) is 5.08. The Bertz CT molecular complexity index is 160. The summed E-state index contributed by atoms with van der Waals surface area (Å²) in [5.74, 6) is 0.396. The number of aliphatic hydroxyl groups is 1. The molecule has 14 heavy (non-hydrogen) atoms. The normalized spacial score (nSPS) is 12.9. The van der Waals surface area contributed by atoms with Crippen LogP contribution in [0.2, 0.25) is 0 Å². The molecule has 0 saturated heterocycles. The molecule has 4 heteroatoms. The van der Waals surface area contributed by atoms with Crippen LogP contribution in [0, 0.1) is 5.92 Å². The quantitative estimate of drug-likeness (QED) is 0.575. The summed E-state index contributed by atoms with van der Waals surface area (Å²) in [4.78, 5) is 13.0. The minimum Gasteiger partial charge on any atom is -0.396 e. The summed E-state index contributed by atoms with van der Waals surface area (Å²) in [6, 6.07) is 0. The molecule has 4 nitrogen and oxygen atoms in total. The topological polar surface area (TPSA) is 52.6 Å². The van der Waals surface area contributed by atoms with Crippen molar-refractivity contribution in [3.05, 3.63) is 0 Å². The molecule has 1 atom stereocenters. The molecule has 2 N–H and O–H groups in total. The van der Waals surface area contributed by atoms with Gasteiger partial charge in [0.25, 0.3) is 0 Å². The van der Waals surface area contributed by atoms with Crippen LogP contribution in [0.5, 0.6) is 0 Å². The minimum absolute atomic E-state index is 0.0617. The maximum Gasteiger partial charge on any atom is 0.234 e. The van der Waals surface area contributed by atoms with Gasteiger partial charge < -0.3 is 15.3 Å². The van der Waals surface area contributed by atoms with Crippen molar-refractivity contribution in [3.63, 3.8) is 0 Å². The third-order valence-corrected chi connectivity index (χ3v) is 1.97. The van der Waals surface area contributed by atoms with Crippen molar-refractivity contribution in [1.29, 1.82) is 0 Å². The van der Waals surface area contributed by atoms with Gasteiger partial charge in [0.15, 0.2) is 0 Å². The third-order valence-electron chi connectivity index (χ3n) is 1.97. The first-order valence-corrected chi connectivity index (χ1v) is 5.08. The van der Waals surface area contributed by atoms with E-state index in [0.717, 1.165) is 12.8 Å². The molecule has 84 valence electrons. The highest BCUT2D eigenvalue weighted by atomic mass is 16.3. The van der Waals surface area contributed by atoms with Crippen molar-refractivity contribution in [2.24, 2.45) is 5.92 Å². The zero-order valence-corrected chi connectivity index (χ0v) is 9.42. The number of hydrogen-bond donors (Lipinski definition) is 2. The first-order chi connectivity index (χ1) is 6.56. The highest BCUT2D eigenvalue weighted by Gasteiger charge is 2.02. The van der Waals surface area contributed by atoms with Gasteiger partial charge in [-0.25, -0.2) is 0 Å². The lowest BCUT2D eigenvalue weighted by atomic mass is 10.1. The molecule has 0 rings (SSSR count). The molecule has 1 amide bonds. The maximum absolute atomic E-state index is 11.2. The van der Waals surface area contributed by atoms with Crippen LogP contribution in [0.3, 0.4) is 0 Å². The molecule has 0 spiro atoms. The Labute approximate surface area is 86.3 Å². The molecule has 0 aliphatic carbocycles. The number of likely N-dealkylation sites (N-methyl/N-ethyl adjacent to an activating group) is 1. The van der Waals surface area contributed by atoms with E-state index in [4.69, 9.17) is 5.11 Å². The van der Waals surface area contributed by atoms with Crippen LogP contribution in [0.25, 0.3) is 0 Å². The molecule has 0 radical (unpaired) electrons. The van der Waals surface area contributed by atoms with Crippen LogP contribution in [0.1, 0.15) is 19.8 Å².